The molecule has 0 radical (unpaired) electrons. The Morgan fingerprint density at radius 2 is 1.74 bits per heavy atom. The van der Waals surface area contributed by atoms with E-state index in [1.165, 1.54) is 4.90 Å². The van der Waals surface area contributed by atoms with Gasteiger partial charge in [0.05, 0.1) is 11.6 Å². The first kappa shape index (κ1) is 31.0. The van der Waals surface area contributed by atoms with Crippen LogP contribution in [0.4, 0.5) is 5.69 Å². The van der Waals surface area contributed by atoms with Gasteiger partial charge in [0.25, 0.3) is 5.91 Å². The van der Waals surface area contributed by atoms with E-state index in [1.54, 1.807) is 20.2 Å². The predicted octanol–water partition coefficient (Wildman–Crippen LogP) is 1.90. The number of piperidine rings is 1. The standard InChI is InChI=1S/C32H44N4O7/c1-15(2)16-7-9-36(10-8-16)14-18-13-21(37)23-19(25(18)34(3)4)11-17-12-20-26(35(5)6)28(39)24(31(33)42)30(41)32(20,43)29(40)22(17)27(23)38/h13,15-17,20,26,37-38,41,43H,7-12,14H2,1-6H3,(H2,33,42)/t17-,20-,26-,32-/m0/s1. The summed E-state index contributed by atoms with van der Waals surface area (Å²) in [7, 11) is 6.98. The van der Waals surface area contributed by atoms with Crippen LogP contribution in [0.25, 0.3) is 5.76 Å². The Morgan fingerprint density at radius 3 is 2.28 bits per heavy atom. The van der Waals surface area contributed by atoms with E-state index < -0.39 is 58.0 Å². The number of phenols is 1. The van der Waals surface area contributed by atoms with E-state index in [9.17, 15) is 34.8 Å². The van der Waals surface area contributed by atoms with Crippen LogP contribution in [0.15, 0.2) is 23.0 Å². The molecular weight excluding hydrogens is 552 g/mol. The summed E-state index contributed by atoms with van der Waals surface area (Å²) >= 11 is 0. The lowest BCUT2D eigenvalue weighted by atomic mass is 9.57. The number of likely N-dealkylation sites (tertiary alicyclic amines) is 1. The molecule has 5 rings (SSSR count). The largest absolute Gasteiger partial charge is 0.508 e. The van der Waals surface area contributed by atoms with Crippen molar-refractivity contribution in [2.45, 2.75) is 57.7 Å². The molecule has 1 saturated heterocycles. The molecule has 11 nitrogen and oxygen atoms in total. The number of aromatic hydroxyl groups is 1. The first-order valence-corrected chi connectivity index (χ1v) is 15.0. The summed E-state index contributed by atoms with van der Waals surface area (Å²) in [6, 6.07) is 0.522. The van der Waals surface area contributed by atoms with Crippen molar-refractivity contribution in [3.63, 3.8) is 0 Å². The molecule has 1 saturated carbocycles. The van der Waals surface area contributed by atoms with Crippen molar-refractivity contribution in [1.82, 2.24) is 9.80 Å². The van der Waals surface area contributed by atoms with Gasteiger partial charge in [-0.05, 0) is 87.8 Å². The Balaban J connectivity index is 1.61. The van der Waals surface area contributed by atoms with Gasteiger partial charge in [-0.3, -0.25) is 24.2 Å². The van der Waals surface area contributed by atoms with Crippen LogP contribution in [0.3, 0.4) is 0 Å². The number of phenolic OH excluding ortho intramolecular Hbond substituents is 1. The number of carbonyl (C=O) groups excluding carboxylic acids is 3. The Labute approximate surface area is 252 Å². The van der Waals surface area contributed by atoms with Crippen molar-refractivity contribution >= 4 is 28.9 Å². The van der Waals surface area contributed by atoms with Crippen LogP contribution in [0.2, 0.25) is 0 Å². The number of hydrogen-bond donors (Lipinski definition) is 5. The summed E-state index contributed by atoms with van der Waals surface area (Å²) in [5, 5.41) is 45.7. The molecule has 11 heteroatoms. The van der Waals surface area contributed by atoms with Gasteiger partial charge >= 0.3 is 0 Å². The number of fused-ring (bicyclic) bond motifs is 3. The van der Waals surface area contributed by atoms with Crippen molar-refractivity contribution in [1.29, 1.82) is 0 Å². The number of amides is 1. The molecule has 0 spiro atoms. The van der Waals surface area contributed by atoms with E-state index in [4.69, 9.17) is 5.73 Å². The Kier molecular flexibility index (Phi) is 7.90. The number of rotatable bonds is 6. The van der Waals surface area contributed by atoms with E-state index in [0.717, 1.165) is 37.2 Å². The third-order valence-electron chi connectivity index (χ3n) is 10.2. The molecule has 43 heavy (non-hydrogen) atoms. The summed E-state index contributed by atoms with van der Waals surface area (Å²) in [5.41, 5.74) is 4.35. The van der Waals surface area contributed by atoms with Gasteiger partial charge in [0, 0.05) is 37.8 Å². The zero-order valence-electron chi connectivity index (χ0n) is 25.8. The number of benzene rings is 1. The fourth-order valence-corrected chi connectivity index (χ4v) is 8.06. The van der Waals surface area contributed by atoms with Crippen molar-refractivity contribution in [2.24, 2.45) is 29.4 Å². The maximum absolute atomic E-state index is 14.1. The highest BCUT2D eigenvalue weighted by atomic mass is 16.3. The van der Waals surface area contributed by atoms with Crippen molar-refractivity contribution in [3.8, 4) is 5.75 Å². The van der Waals surface area contributed by atoms with E-state index in [-0.39, 0.29) is 29.7 Å². The minimum atomic E-state index is -2.65. The molecule has 4 atom stereocenters. The van der Waals surface area contributed by atoms with Gasteiger partial charge in [-0.2, -0.15) is 0 Å². The molecule has 1 heterocycles. The van der Waals surface area contributed by atoms with E-state index in [1.807, 2.05) is 19.0 Å². The second-order valence-electron chi connectivity index (χ2n) is 13.5. The molecule has 0 unspecified atom stereocenters. The van der Waals surface area contributed by atoms with Crippen LogP contribution >= 0.6 is 0 Å². The van der Waals surface area contributed by atoms with Crippen LogP contribution in [-0.2, 0) is 27.3 Å². The fourth-order valence-electron chi connectivity index (χ4n) is 8.06. The van der Waals surface area contributed by atoms with Crippen molar-refractivity contribution in [2.75, 3.05) is 46.2 Å². The van der Waals surface area contributed by atoms with Crippen LogP contribution in [0, 0.1) is 23.7 Å². The molecule has 3 aliphatic carbocycles. The maximum atomic E-state index is 14.1. The number of Topliss-reactive ketones (excluding diaryl/α,β-unsaturated/α-hetero) is 2. The summed E-state index contributed by atoms with van der Waals surface area (Å²) in [5.74, 6) is -5.14. The van der Waals surface area contributed by atoms with Crippen molar-refractivity contribution < 1.29 is 34.8 Å². The van der Waals surface area contributed by atoms with Gasteiger partial charge in [-0.1, -0.05) is 13.8 Å². The average Bonchev–Trinajstić information content (AvgIpc) is 2.90. The predicted molar refractivity (Wildman–Crippen MR) is 161 cm³/mol. The van der Waals surface area contributed by atoms with Crippen LogP contribution < -0.4 is 10.6 Å². The van der Waals surface area contributed by atoms with E-state index in [0.29, 0.717) is 23.9 Å². The second kappa shape index (κ2) is 10.9. The molecule has 1 aromatic rings. The summed E-state index contributed by atoms with van der Waals surface area (Å²) in [6.45, 7) is 7.04. The van der Waals surface area contributed by atoms with Crippen molar-refractivity contribution in [3.05, 3.63) is 39.7 Å². The zero-order valence-corrected chi connectivity index (χ0v) is 25.8. The smallest absolute Gasteiger partial charge is 0.255 e. The number of aliphatic hydroxyl groups is 3. The highest BCUT2D eigenvalue weighted by Crippen LogP contribution is 2.54. The SMILES string of the molecule is CC(C)C1CCN(Cc2cc(O)c3c(c2N(C)C)C[C@H]2C[C@H]4[C@H](N(C)C)C(=O)C(C(N)=O)=C(O)[C@@]4(O)C(=O)C2=C3O)CC1. The summed E-state index contributed by atoms with van der Waals surface area (Å²) < 4.78 is 0. The number of primary amides is 1. The Hall–Kier alpha value is -3.41. The number of hydrogen-bond acceptors (Lipinski definition) is 10. The zero-order chi connectivity index (χ0) is 31.7. The molecule has 4 aliphatic rings. The number of aliphatic hydroxyl groups excluding tert-OH is 2. The second-order valence-corrected chi connectivity index (χ2v) is 13.5. The monoisotopic (exact) mass is 596 g/mol. The fraction of sp³-hybridized carbons (Fsp3) is 0.594. The average molecular weight is 597 g/mol. The van der Waals surface area contributed by atoms with Gasteiger partial charge < -0.3 is 31.1 Å². The molecule has 1 aromatic carbocycles. The minimum Gasteiger partial charge on any atom is -0.508 e. The molecule has 1 aliphatic heterocycles. The lowest BCUT2D eigenvalue weighted by Gasteiger charge is -2.50. The highest BCUT2D eigenvalue weighted by molar-refractivity contribution is 6.24. The topological polar surface area (TPSA) is 168 Å². The number of ketones is 2. The van der Waals surface area contributed by atoms with Gasteiger partial charge in [-0.25, -0.2) is 0 Å². The quantitative estimate of drug-likeness (QED) is 0.306. The van der Waals surface area contributed by atoms with Crippen LogP contribution in [0.5, 0.6) is 5.75 Å². The third-order valence-corrected chi connectivity index (χ3v) is 10.2. The molecule has 2 fully saturated rings. The normalized spacial score (nSPS) is 28.3. The number of carbonyl (C=O) groups is 3. The number of nitrogens with two attached hydrogens (primary N) is 1. The number of likely N-dealkylation sites (N-methyl/N-ethyl adjacent to an activating group) is 1. The van der Waals surface area contributed by atoms with Gasteiger partial charge in [-0.15, -0.1) is 0 Å². The lowest BCUT2D eigenvalue weighted by molar-refractivity contribution is -0.153. The van der Waals surface area contributed by atoms with E-state index >= 15 is 0 Å². The first-order chi connectivity index (χ1) is 20.1. The minimum absolute atomic E-state index is 0.0618. The van der Waals surface area contributed by atoms with Gasteiger partial charge in [0.2, 0.25) is 5.78 Å². The summed E-state index contributed by atoms with van der Waals surface area (Å²) in [6.07, 6.45) is 2.54. The molecule has 0 aromatic heterocycles. The summed E-state index contributed by atoms with van der Waals surface area (Å²) in [4.78, 5) is 45.4. The number of nitrogens with zero attached hydrogens (tertiary/aromatic N) is 3. The Morgan fingerprint density at radius 1 is 1.12 bits per heavy atom. The maximum Gasteiger partial charge on any atom is 0.255 e. The molecule has 234 valence electrons. The highest BCUT2D eigenvalue weighted by Gasteiger charge is 2.64. The van der Waals surface area contributed by atoms with Gasteiger partial charge in [0.15, 0.2) is 11.4 Å². The van der Waals surface area contributed by atoms with Crippen LogP contribution in [-0.4, -0.2) is 101 Å². The first-order valence-electron chi connectivity index (χ1n) is 15.0. The van der Waals surface area contributed by atoms with Gasteiger partial charge in [0.1, 0.15) is 22.8 Å². The lowest BCUT2D eigenvalue weighted by Crippen LogP contribution is -2.65. The molecule has 0 bridgehead atoms. The van der Waals surface area contributed by atoms with Crippen LogP contribution in [0.1, 0.15) is 49.8 Å². The Bertz CT molecular complexity index is 1440. The third kappa shape index (κ3) is 4.72. The molecular formula is C32H44N4O7. The number of anilines is 1. The van der Waals surface area contributed by atoms with E-state index in [2.05, 4.69) is 18.7 Å². The molecule has 6 N–H and O–H groups in total. The molecule has 1 amide bonds.